The molecular weight excluding hydrogens is 348 g/mol. The molecule has 2 atom stereocenters. The fourth-order valence-corrected chi connectivity index (χ4v) is 6.21. The number of fused-ring (bicyclic) bond motifs is 2. The van der Waals surface area contributed by atoms with Gasteiger partial charge in [0.15, 0.2) is 9.84 Å². The average molecular weight is 364 g/mol. The summed E-state index contributed by atoms with van der Waals surface area (Å²) in [6.45, 7) is 0. The zero-order valence-corrected chi connectivity index (χ0v) is 13.5. The van der Waals surface area contributed by atoms with Gasteiger partial charge in [0, 0.05) is 12.3 Å². The molecule has 0 spiro atoms. The number of hydrogen-bond donors (Lipinski definition) is 0. The molecule has 24 heavy (non-hydrogen) atoms. The molecule has 0 aliphatic carbocycles. The van der Waals surface area contributed by atoms with Gasteiger partial charge in [0.05, 0.1) is 16.1 Å². The van der Waals surface area contributed by atoms with E-state index in [0.29, 0.717) is 18.9 Å². The summed E-state index contributed by atoms with van der Waals surface area (Å²) in [5.41, 5.74) is -1.16. The number of halogens is 4. The number of rotatable bonds is 3. The van der Waals surface area contributed by atoms with E-state index < -0.39 is 43.8 Å². The Hall–Kier alpha value is -1.44. The summed E-state index contributed by atoms with van der Waals surface area (Å²) in [7, 11) is -3.16. The molecule has 1 aromatic rings. The van der Waals surface area contributed by atoms with Crippen molar-refractivity contribution in [3.8, 4) is 0 Å². The molecule has 2 bridgehead atoms. The van der Waals surface area contributed by atoms with Gasteiger partial charge in [-0.2, -0.15) is 13.2 Å². The van der Waals surface area contributed by atoms with E-state index in [2.05, 4.69) is 0 Å². The number of benzene rings is 1. The molecule has 3 nitrogen and oxygen atoms in total. The minimum Gasteiger partial charge on any atom is -0.299 e. The van der Waals surface area contributed by atoms with Gasteiger partial charge in [-0.3, -0.25) is 4.79 Å². The lowest BCUT2D eigenvalue weighted by molar-refractivity contribution is -0.138. The first kappa shape index (κ1) is 17.4. The topological polar surface area (TPSA) is 51.2 Å². The lowest BCUT2D eigenvalue weighted by Gasteiger charge is -2.27. The molecule has 2 aliphatic rings. The normalized spacial score (nSPS) is 28.8. The maximum atomic E-state index is 13.4. The molecule has 8 heteroatoms. The van der Waals surface area contributed by atoms with E-state index in [1.807, 2.05) is 0 Å². The van der Waals surface area contributed by atoms with Crippen molar-refractivity contribution in [2.24, 2.45) is 5.92 Å². The van der Waals surface area contributed by atoms with Crippen LogP contribution in [-0.2, 0) is 27.2 Å². The number of carbonyl (C=O) groups is 1. The standard InChI is InChI=1S/C16H16F4O3S/c17-12-4-9(3-11(8-12)16(18,19)20)5-15(21)10-6-13-1-2-14(7-10)24(13,22)23/h3-4,8,10,13-14H,1-2,5-7H2. The van der Waals surface area contributed by atoms with Gasteiger partial charge in [-0.15, -0.1) is 0 Å². The van der Waals surface area contributed by atoms with Crippen LogP contribution in [0.5, 0.6) is 0 Å². The summed E-state index contributed by atoms with van der Waals surface area (Å²) in [5.74, 6) is -1.84. The van der Waals surface area contributed by atoms with Crippen LogP contribution in [0.25, 0.3) is 0 Å². The fraction of sp³-hybridized carbons (Fsp3) is 0.562. The highest BCUT2D eigenvalue weighted by atomic mass is 32.2. The van der Waals surface area contributed by atoms with Crippen LogP contribution in [0.15, 0.2) is 18.2 Å². The van der Waals surface area contributed by atoms with Crippen LogP contribution in [0.3, 0.4) is 0 Å². The maximum Gasteiger partial charge on any atom is 0.416 e. The Labute approximate surface area is 137 Å². The largest absolute Gasteiger partial charge is 0.416 e. The molecule has 2 saturated heterocycles. The second-order valence-corrected chi connectivity index (χ2v) is 9.08. The Bertz CT molecular complexity index is 750. The van der Waals surface area contributed by atoms with E-state index in [9.17, 15) is 30.8 Å². The number of alkyl halides is 3. The first-order chi connectivity index (χ1) is 11.1. The Morgan fingerprint density at radius 2 is 1.67 bits per heavy atom. The summed E-state index contributed by atoms with van der Waals surface area (Å²) in [5, 5.41) is -1.05. The third kappa shape index (κ3) is 3.20. The summed E-state index contributed by atoms with van der Waals surface area (Å²) in [6.07, 6.45) is -3.48. The molecule has 0 radical (unpaired) electrons. The first-order valence-corrected chi connectivity index (χ1v) is 9.30. The second kappa shape index (κ2) is 5.82. The minimum atomic E-state index is -4.68. The molecule has 0 saturated carbocycles. The highest BCUT2D eigenvalue weighted by molar-refractivity contribution is 7.93. The number of hydrogen-bond acceptors (Lipinski definition) is 3. The van der Waals surface area contributed by atoms with Gasteiger partial charge < -0.3 is 0 Å². The monoisotopic (exact) mass is 364 g/mol. The molecule has 0 amide bonds. The smallest absolute Gasteiger partial charge is 0.299 e. The zero-order chi connectivity index (χ0) is 17.7. The molecule has 2 fully saturated rings. The number of carbonyl (C=O) groups excluding carboxylic acids is 1. The number of sulfone groups is 1. The number of ketones is 1. The minimum absolute atomic E-state index is 0.0342. The Balaban J connectivity index is 1.76. The van der Waals surface area contributed by atoms with Crippen molar-refractivity contribution >= 4 is 15.6 Å². The third-order valence-electron chi connectivity index (χ3n) is 4.95. The summed E-state index contributed by atoms with van der Waals surface area (Å²) >= 11 is 0. The van der Waals surface area contributed by atoms with Crippen molar-refractivity contribution in [1.82, 2.24) is 0 Å². The molecule has 0 aromatic heterocycles. The van der Waals surface area contributed by atoms with Crippen molar-refractivity contribution in [1.29, 1.82) is 0 Å². The van der Waals surface area contributed by atoms with Gasteiger partial charge in [0.2, 0.25) is 0 Å². The molecule has 0 N–H and O–H groups in total. The van der Waals surface area contributed by atoms with Crippen LogP contribution in [0.2, 0.25) is 0 Å². The van der Waals surface area contributed by atoms with E-state index in [-0.39, 0.29) is 30.6 Å². The molecule has 132 valence electrons. The third-order valence-corrected chi connectivity index (χ3v) is 7.67. The number of Topliss-reactive ketones (excluding diaryl/α,β-unsaturated/α-hetero) is 1. The van der Waals surface area contributed by atoms with E-state index in [1.54, 1.807) is 0 Å². The zero-order valence-electron chi connectivity index (χ0n) is 12.6. The van der Waals surface area contributed by atoms with E-state index in [0.717, 1.165) is 12.1 Å². The lowest BCUT2D eigenvalue weighted by atomic mass is 9.90. The maximum absolute atomic E-state index is 13.4. The first-order valence-electron chi connectivity index (χ1n) is 7.69. The quantitative estimate of drug-likeness (QED) is 0.774. The van der Waals surface area contributed by atoms with Crippen LogP contribution < -0.4 is 0 Å². The van der Waals surface area contributed by atoms with Gasteiger partial charge >= 0.3 is 6.18 Å². The van der Waals surface area contributed by atoms with Crippen LogP contribution in [0, 0.1) is 11.7 Å². The summed E-state index contributed by atoms with van der Waals surface area (Å²) < 4.78 is 75.6. The SMILES string of the molecule is O=C(Cc1cc(F)cc(C(F)(F)F)c1)C1CC2CCC(C1)S2(=O)=O. The van der Waals surface area contributed by atoms with Crippen molar-refractivity contribution in [2.75, 3.05) is 0 Å². The van der Waals surface area contributed by atoms with Crippen LogP contribution >= 0.6 is 0 Å². The average Bonchev–Trinajstić information content (AvgIpc) is 2.65. The predicted molar refractivity (Wildman–Crippen MR) is 78.6 cm³/mol. The molecular formula is C16H16F4O3S. The van der Waals surface area contributed by atoms with Gasteiger partial charge in [0.1, 0.15) is 11.6 Å². The predicted octanol–water partition coefficient (Wildman–Crippen LogP) is 3.31. The van der Waals surface area contributed by atoms with Gasteiger partial charge in [-0.05, 0) is 49.4 Å². The highest BCUT2D eigenvalue weighted by Crippen LogP contribution is 2.41. The summed E-state index contributed by atoms with van der Waals surface area (Å²) in [6, 6.07) is 2.08. The van der Waals surface area contributed by atoms with Crippen molar-refractivity contribution < 1.29 is 30.8 Å². The van der Waals surface area contributed by atoms with E-state index in [4.69, 9.17) is 0 Å². The second-order valence-electron chi connectivity index (χ2n) is 6.57. The van der Waals surface area contributed by atoms with Crippen LogP contribution in [0.4, 0.5) is 17.6 Å². The molecule has 2 aliphatic heterocycles. The molecule has 1 aromatic carbocycles. The molecule has 2 heterocycles. The summed E-state index contributed by atoms with van der Waals surface area (Å²) in [4.78, 5) is 12.4. The molecule has 2 unspecified atom stereocenters. The fourth-order valence-electron chi connectivity index (χ4n) is 3.73. The Morgan fingerprint density at radius 3 is 2.21 bits per heavy atom. The van der Waals surface area contributed by atoms with Crippen molar-refractivity contribution in [3.05, 3.63) is 35.1 Å². The van der Waals surface area contributed by atoms with Crippen molar-refractivity contribution in [3.63, 3.8) is 0 Å². The van der Waals surface area contributed by atoms with E-state index in [1.165, 1.54) is 0 Å². The van der Waals surface area contributed by atoms with Gasteiger partial charge in [-0.1, -0.05) is 0 Å². The Morgan fingerprint density at radius 1 is 1.08 bits per heavy atom. The van der Waals surface area contributed by atoms with E-state index >= 15 is 0 Å². The van der Waals surface area contributed by atoms with Crippen LogP contribution in [0.1, 0.15) is 36.8 Å². The molecule has 3 rings (SSSR count). The van der Waals surface area contributed by atoms with Gasteiger partial charge in [0.25, 0.3) is 0 Å². The Kier molecular flexibility index (Phi) is 4.22. The highest BCUT2D eigenvalue weighted by Gasteiger charge is 2.48. The van der Waals surface area contributed by atoms with Crippen molar-refractivity contribution in [2.45, 2.75) is 48.8 Å². The lowest BCUT2D eigenvalue weighted by Crippen LogP contribution is -2.36. The van der Waals surface area contributed by atoms with Crippen LogP contribution in [-0.4, -0.2) is 24.7 Å². The van der Waals surface area contributed by atoms with Gasteiger partial charge in [-0.25, -0.2) is 12.8 Å².